The number of fused-ring (bicyclic) bond motifs is 1. The maximum absolute atomic E-state index is 14.2. The molecule has 4 rings (SSSR count). The molecule has 154 valence electrons. The largest absolute Gasteiger partial charge is 0.408 e. The van der Waals surface area contributed by atoms with E-state index in [-0.39, 0.29) is 25.2 Å². The highest BCUT2D eigenvalue weighted by Crippen LogP contribution is 2.46. The fourth-order valence-corrected chi connectivity index (χ4v) is 4.60. The van der Waals surface area contributed by atoms with Gasteiger partial charge in [0.2, 0.25) is 0 Å². The van der Waals surface area contributed by atoms with E-state index in [1.165, 1.54) is 22.9 Å². The Labute approximate surface area is 164 Å². The van der Waals surface area contributed by atoms with Crippen LogP contribution in [0.15, 0.2) is 22.0 Å². The number of alkyl halides is 4. The third kappa shape index (κ3) is 4.07. The maximum atomic E-state index is 14.2. The Bertz CT molecular complexity index is 765. The molecule has 4 nitrogen and oxygen atoms in total. The summed E-state index contributed by atoms with van der Waals surface area (Å²) < 4.78 is 71.2. The van der Waals surface area contributed by atoms with E-state index in [1.807, 2.05) is 0 Å². The predicted octanol–water partition coefficient (Wildman–Crippen LogP) is 4.33. The fourth-order valence-electron chi connectivity index (χ4n) is 3.76. The Morgan fingerprint density at radius 3 is 2.71 bits per heavy atom. The molecule has 1 aliphatic carbocycles. The number of anilines is 1. The van der Waals surface area contributed by atoms with Gasteiger partial charge in [-0.25, -0.2) is 13.8 Å². The summed E-state index contributed by atoms with van der Waals surface area (Å²) in [6, 6.07) is 0.238. The summed E-state index contributed by atoms with van der Waals surface area (Å²) in [4.78, 5) is 6.25. The van der Waals surface area contributed by atoms with Crippen LogP contribution in [0.3, 0.4) is 0 Å². The molecule has 10 heteroatoms. The number of benzene rings is 1. The molecule has 0 aromatic heterocycles. The highest BCUT2D eigenvalue weighted by atomic mass is 32.2. The van der Waals surface area contributed by atoms with E-state index in [1.54, 1.807) is 0 Å². The standard InChI is InChI=1S/C18H21F5N4S/c19-4-5-24-12-3-6-27(15(9-12)18(21,22)23)13-7-11(20)8-14-16(13)25-17(26-28-14)10-1-2-10/h7-8,10,12,15,24H,1-6,9H2,(H,25,26). The molecular formula is C18H21F5N4S. The number of nitrogens with zero attached hydrogens (tertiary/aromatic N) is 2. The number of hydrogen-bond donors (Lipinski definition) is 2. The van der Waals surface area contributed by atoms with Gasteiger partial charge in [0.1, 0.15) is 30.1 Å². The summed E-state index contributed by atoms with van der Waals surface area (Å²) in [5.41, 5.74) is 0.574. The van der Waals surface area contributed by atoms with Crippen molar-refractivity contribution in [1.82, 2.24) is 10.0 Å². The number of amidine groups is 1. The van der Waals surface area contributed by atoms with Crippen molar-refractivity contribution in [2.45, 2.75) is 48.8 Å². The van der Waals surface area contributed by atoms with Crippen molar-refractivity contribution < 1.29 is 22.0 Å². The van der Waals surface area contributed by atoms with E-state index in [0.717, 1.165) is 24.7 Å². The van der Waals surface area contributed by atoms with Gasteiger partial charge in [-0.1, -0.05) is 0 Å². The average molecular weight is 420 g/mol. The third-order valence-corrected chi connectivity index (χ3v) is 6.14. The Kier molecular flexibility index (Phi) is 5.43. The van der Waals surface area contributed by atoms with Crippen molar-refractivity contribution in [1.29, 1.82) is 0 Å². The van der Waals surface area contributed by atoms with Crippen LogP contribution in [-0.4, -0.2) is 43.9 Å². The second-order valence-corrected chi connectivity index (χ2v) is 8.21. The molecule has 1 aromatic carbocycles. The first-order chi connectivity index (χ1) is 13.4. The number of nitrogens with one attached hydrogen (secondary N) is 2. The van der Waals surface area contributed by atoms with Crippen LogP contribution in [-0.2, 0) is 0 Å². The van der Waals surface area contributed by atoms with Gasteiger partial charge < -0.3 is 14.9 Å². The Hall–Kier alpha value is -1.55. The van der Waals surface area contributed by atoms with Crippen LogP contribution in [0.4, 0.5) is 33.3 Å². The van der Waals surface area contributed by atoms with Crippen LogP contribution in [0.2, 0.25) is 0 Å². The average Bonchev–Trinajstić information content (AvgIpc) is 3.50. The van der Waals surface area contributed by atoms with Gasteiger partial charge in [0.25, 0.3) is 0 Å². The van der Waals surface area contributed by atoms with Crippen molar-refractivity contribution in [3.63, 3.8) is 0 Å². The Morgan fingerprint density at radius 1 is 1.25 bits per heavy atom. The number of hydrogen-bond acceptors (Lipinski definition) is 5. The molecule has 1 saturated heterocycles. The first-order valence-electron chi connectivity index (χ1n) is 9.34. The zero-order valence-electron chi connectivity index (χ0n) is 15.0. The molecule has 0 bridgehead atoms. The van der Waals surface area contributed by atoms with E-state index in [2.05, 4.69) is 15.0 Å². The van der Waals surface area contributed by atoms with Crippen molar-refractivity contribution in [2.24, 2.45) is 10.9 Å². The van der Waals surface area contributed by atoms with Crippen LogP contribution in [0, 0.1) is 11.7 Å². The van der Waals surface area contributed by atoms with Crippen LogP contribution in [0.5, 0.6) is 0 Å². The second kappa shape index (κ2) is 7.70. The quantitative estimate of drug-likeness (QED) is 0.549. The van der Waals surface area contributed by atoms with Gasteiger partial charge in [0.15, 0.2) is 0 Å². The number of halogens is 5. The molecule has 2 N–H and O–H groups in total. The van der Waals surface area contributed by atoms with Gasteiger partial charge in [-0.3, -0.25) is 0 Å². The van der Waals surface area contributed by atoms with Crippen LogP contribution < -0.4 is 14.9 Å². The molecule has 0 amide bonds. The maximum Gasteiger partial charge on any atom is 0.408 e. The van der Waals surface area contributed by atoms with Crippen LogP contribution in [0.1, 0.15) is 25.7 Å². The lowest BCUT2D eigenvalue weighted by Crippen LogP contribution is -2.55. The predicted molar refractivity (Wildman–Crippen MR) is 99.4 cm³/mol. The first-order valence-corrected chi connectivity index (χ1v) is 10.2. The minimum absolute atomic E-state index is 0.0297. The number of aliphatic imine (C=N–C) groups is 1. The summed E-state index contributed by atoms with van der Waals surface area (Å²) in [5.74, 6) is 0.452. The lowest BCUT2D eigenvalue weighted by atomic mass is 9.95. The summed E-state index contributed by atoms with van der Waals surface area (Å²) in [6.07, 6.45) is -2.29. The summed E-state index contributed by atoms with van der Waals surface area (Å²) in [6.45, 7) is -0.504. The van der Waals surface area contributed by atoms with Gasteiger partial charge in [0, 0.05) is 25.0 Å². The van der Waals surface area contributed by atoms with Gasteiger partial charge >= 0.3 is 6.18 Å². The lowest BCUT2D eigenvalue weighted by Gasteiger charge is -2.42. The SMILES string of the molecule is FCCNC1CCN(c2cc(F)cc3c2N=C(C2CC2)NS3)C(C(F)(F)F)C1. The van der Waals surface area contributed by atoms with Crippen molar-refractivity contribution >= 4 is 29.2 Å². The van der Waals surface area contributed by atoms with Gasteiger partial charge in [0.05, 0.1) is 10.6 Å². The van der Waals surface area contributed by atoms with Crippen LogP contribution >= 0.6 is 11.9 Å². The zero-order valence-corrected chi connectivity index (χ0v) is 15.8. The molecule has 0 radical (unpaired) electrons. The van der Waals surface area contributed by atoms with Gasteiger partial charge in [-0.05, 0) is 49.8 Å². The summed E-state index contributed by atoms with van der Waals surface area (Å²) >= 11 is 1.20. The van der Waals surface area contributed by atoms with Crippen molar-refractivity contribution in [2.75, 3.05) is 24.7 Å². The van der Waals surface area contributed by atoms with Crippen molar-refractivity contribution in [3.8, 4) is 0 Å². The summed E-state index contributed by atoms with van der Waals surface area (Å²) in [7, 11) is 0. The number of piperidine rings is 1. The smallest absolute Gasteiger partial charge is 0.358 e. The van der Waals surface area contributed by atoms with E-state index in [4.69, 9.17) is 0 Å². The molecule has 28 heavy (non-hydrogen) atoms. The molecule has 0 spiro atoms. The number of rotatable bonds is 5. The molecule has 3 aliphatic rings. The highest BCUT2D eigenvalue weighted by Gasteiger charge is 2.47. The fraction of sp³-hybridized carbons (Fsp3) is 0.611. The summed E-state index contributed by atoms with van der Waals surface area (Å²) in [5, 5.41) is 2.83. The molecule has 2 unspecified atom stereocenters. The van der Waals surface area contributed by atoms with Crippen molar-refractivity contribution in [3.05, 3.63) is 17.9 Å². The van der Waals surface area contributed by atoms with Crippen LogP contribution in [0.25, 0.3) is 0 Å². The van der Waals surface area contributed by atoms with E-state index >= 15 is 0 Å². The molecule has 1 saturated carbocycles. The normalized spacial score (nSPS) is 25.2. The molecule has 1 aromatic rings. The minimum atomic E-state index is -4.49. The Balaban J connectivity index is 1.68. The molecule has 2 atom stereocenters. The third-order valence-electron chi connectivity index (χ3n) is 5.30. The molecular weight excluding hydrogens is 399 g/mol. The molecule has 2 heterocycles. The van der Waals surface area contributed by atoms with E-state index < -0.39 is 30.8 Å². The second-order valence-electron chi connectivity index (χ2n) is 7.36. The zero-order chi connectivity index (χ0) is 19.9. The lowest BCUT2D eigenvalue weighted by molar-refractivity contribution is -0.154. The van der Waals surface area contributed by atoms with E-state index in [0.29, 0.717) is 22.9 Å². The Morgan fingerprint density at radius 2 is 2.04 bits per heavy atom. The van der Waals surface area contributed by atoms with Gasteiger partial charge in [-0.2, -0.15) is 13.2 Å². The van der Waals surface area contributed by atoms with Gasteiger partial charge in [-0.15, -0.1) is 0 Å². The monoisotopic (exact) mass is 420 g/mol. The molecule has 2 fully saturated rings. The topological polar surface area (TPSA) is 39.7 Å². The first kappa shape index (κ1) is 19.8. The van der Waals surface area contributed by atoms with E-state index in [9.17, 15) is 22.0 Å². The molecule has 2 aliphatic heterocycles. The minimum Gasteiger partial charge on any atom is -0.358 e. The highest BCUT2D eigenvalue weighted by molar-refractivity contribution is 7.98.